The van der Waals surface area contributed by atoms with Crippen molar-refractivity contribution < 1.29 is 9.47 Å². The largest absolute Gasteiger partial charge is 0.353 e. The fourth-order valence-corrected chi connectivity index (χ4v) is 3.13. The van der Waals surface area contributed by atoms with Crippen LogP contribution in [0.15, 0.2) is 24.3 Å². The molecule has 166 valence electrons. The number of allylic oxidation sites excluding steroid dienone is 4. The Morgan fingerprint density at radius 3 is 1.50 bits per heavy atom. The molecule has 0 aliphatic carbocycles. The van der Waals surface area contributed by atoms with Gasteiger partial charge in [0, 0.05) is 13.2 Å². The Bertz CT molecular complexity index is 319. The molecule has 0 spiro atoms. The predicted octanol–water partition coefficient (Wildman–Crippen LogP) is 8.76. The number of rotatable bonds is 22. The van der Waals surface area contributed by atoms with E-state index in [1.807, 2.05) is 0 Å². The van der Waals surface area contributed by atoms with Crippen LogP contribution in [0.5, 0.6) is 0 Å². The van der Waals surface area contributed by atoms with E-state index in [1.165, 1.54) is 83.5 Å². The highest BCUT2D eigenvalue weighted by Crippen LogP contribution is 2.12. The van der Waals surface area contributed by atoms with E-state index in [4.69, 9.17) is 9.47 Å². The van der Waals surface area contributed by atoms with Crippen molar-refractivity contribution in [3.8, 4) is 0 Å². The highest BCUT2D eigenvalue weighted by atomic mass is 16.7. The molecule has 0 aliphatic heterocycles. The van der Waals surface area contributed by atoms with Gasteiger partial charge >= 0.3 is 0 Å². The normalized spacial score (nSPS) is 12.1. The van der Waals surface area contributed by atoms with Crippen molar-refractivity contribution in [1.29, 1.82) is 0 Å². The molecule has 0 radical (unpaired) electrons. The zero-order valence-electron chi connectivity index (χ0n) is 19.4. The summed E-state index contributed by atoms with van der Waals surface area (Å²) in [6, 6.07) is 0. The lowest BCUT2D eigenvalue weighted by Gasteiger charge is -2.18. The van der Waals surface area contributed by atoms with E-state index in [-0.39, 0.29) is 6.29 Å². The van der Waals surface area contributed by atoms with E-state index in [0.717, 1.165) is 32.5 Å². The Morgan fingerprint density at radius 1 is 0.536 bits per heavy atom. The summed E-state index contributed by atoms with van der Waals surface area (Å²) in [5, 5.41) is 0. The molecule has 0 aromatic heterocycles. The third-order valence-corrected chi connectivity index (χ3v) is 5.02. The molecule has 0 saturated carbocycles. The number of unbranched alkanes of at least 4 members (excludes halogenated alkanes) is 11. The van der Waals surface area contributed by atoms with E-state index >= 15 is 0 Å². The monoisotopic (exact) mass is 394 g/mol. The SMILES string of the molecule is CCCC/C=C/C=C\CCCC(OCCCCCCC)OCCCCCCC. The van der Waals surface area contributed by atoms with Gasteiger partial charge in [0.2, 0.25) is 0 Å². The first-order chi connectivity index (χ1) is 13.8. The maximum absolute atomic E-state index is 6.06. The first-order valence-electron chi connectivity index (χ1n) is 12.4. The molecule has 0 rings (SSSR count). The zero-order valence-corrected chi connectivity index (χ0v) is 19.4. The van der Waals surface area contributed by atoms with Gasteiger partial charge in [0.1, 0.15) is 0 Å². The minimum Gasteiger partial charge on any atom is -0.353 e. The molecular weight excluding hydrogens is 344 g/mol. The summed E-state index contributed by atoms with van der Waals surface area (Å²) in [6.07, 6.45) is 28.8. The molecule has 28 heavy (non-hydrogen) atoms. The summed E-state index contributed by atoms with van der Waals surface area (Å²) in [5.41, 5.74) is 0. The van der Waals surface area contributed by atoms with Gasteiger partial charge in [-0.15, -0.1) is 0 Å². The van der Waals surface area contributed by atoms with Crippen molar-refractivity contribution in [2.24, 2.45) is 0 Å². The van der Waals surface area contributed by atoms with Gasteiger partial charge in [0.25, 0.3) is 0 Å². The first kappa shape index (κ1) is 27.4. The van der Waals surface area contributed by atoms with E-state index < -0.39 is 0 Å². The molecule has 0 saturated heterocycles. The lowest BCUT2D eigenvalue weighted by Crippen LogP contribution is -2.19. The van der Waals surface area contributed by atoms with Crippen molar-refractivity contribution in [3.63, 3.8) is 0 Å². The first-order valence-corrected chi connectivity index (χ1v) is 12.4. The predicted molar refractivity (Wildman–Crippen MR) is 125 cm³/mol. The fraction of sp³-hybridized carbons (Fsp3) is 0.846. The van der Waals surface area contributed by atoms with Crippen LogP contribution >= 0.6 is 0 Å². The van der Waals surface area contributed by atoms with E-state index in [2.05, 4.69) is 45.1 Å². The number of hydrogen-bond acceptors (Lipinski definition) is 2. The highest BCUT2D eigenvalue weighted by Gasteiger charge is 2.08. The van der Waals surface area contributed by atoms with E-state index in [0.29, 0.717) is 0 Å². The molecule has 0 aliphatic rings. The maximum Gasteiger partial charge on any atom is 0.157 e. The number of hydrogen-bond donors (Lipinski definition) is 0. The average Bonchev–Trinajstić information content (AvgIpc) is 2.71. The summed E-state index contributed by atoms with van der Waals surface area (Å²) < 4.78 is 12.1. The van der Waals surface area contributed by atoms with Gasteiger partial charge in [0.15, 0.2) is 6.29 Å². The lowest BCUT2D eigenvalue weighted by molar-refractivity contribution is -0.147. The molecule has 2 nitrogen and oxygen atoms in total. The van der Waals surface area contributed by atoms with Gasteiger partial charge < -0.3 is 9.47 Å². The van der Waals surface area contributed by atoms with Crippen LogP contribution in [0.2, 0.25) is 0 Å². The number of ether oxygens (including phenoxy) is 2. The van der Waals surface area contributed by atoms with Gasteiger partial charge in [-0.05, 0) is 38.5 Å². The van der Waals surface area contributed by atoms with Crippen molar-refractivity contribution >= 4 is 0 Å². The van der Waals surface area contributed by atoms with Gasteiger partial charge in [-0.2, -0.15) is 0 Å². The minimum atomic E-state index is -0.00848. The Kier molecular flexibility index (Phi) is 23.9. The van der Waals surface area contributed by atoms with Crippen LogP contribution in [0.3, 0.4) is 0 Å². The van der Waals surface area contributed by atoms with Crippen LogP contribution in [-0.2, 0) is 9.47 Å². The molecular formula is C26H50O2. The van der Waals surface area contributed by atoms with Gasteiger partial charge in [-0.3, -0.25) is 0 Å². The van der Waals surface area contributed by atoms with Crippen molar-refractivity contribution in [1.82, 2.24) is 0 Å². The second kappa shape index (κ2) is 24.4. The standard InChI is InChI=1S/C26H50O2/c1-4-7-10-13-14-15-16-17-20-23-26(27-24-21-18-11-8-5-2)28-25-22-19-12-9-6-3/h13-16,26H,4-12,17-25H2,1-3H3/b14-13+,16-15-. The van der Waals surface area contributed by atoms with Crippen LogP contribution in [0.4, 0.5) is 0 Å². The van der Waals surface area contributed by atoms with Crippen LogP contribution in [0.1, 0.15) is 124 Å². The molecule has 0 fully saturated rings. The van der Waals surface area contributed by atoms with Crippen LogP contribution < -0.4 is 0 Å². The summed E-state index contributed by atoms with van der Waals surface area (Å²) in [5.74, 6) is 0. The Balaban J connectivity index is 3.93. The van der Waals surface area contributed by atoms with Crippen LogP contribution in [0, 0.1) is 0 Å². The van der Waals surface area contributed by atoms with Crippen molar-refractivity contribution in [3.05, 3.63) is 24.3 Å². The van der Waals surface area contributed by atoms with E-state index in [9.17, 15) is 0 Å². The molecule has 0 aromatic carbocycles. The fourth-order valence-electron chi connectivity index (χ4n) is 3.13. The Morgan fingerprint density at radius 2 is 1.00 bits per heavy atom. The third kappa shape index (κ3) is 21.7. The Hall–Kier alpha value is -0.600. The topological polar surface area (TPSA) is 18.5 Å². The van der Waals surface area contributed by atoms with Crippen LogP contribution in [0.25, 0.3) is 0 Å². The van der Waals surface area contributed by atoms with Crippen LogP contribution in [-0.4, -0.2) is 19.5 Å². The maximum atomic E-state index is 6.06. The smallest absolute Gasteiger partial charge is 0.157 e. The van der Waals surface area contributed by atoms with Gasteiger partial charge in [-0.1, -0.05) is 109 Å². The quantitative estimate of drug-likeness (QED) is 0.104. The highest BCUT2D eigenvalue weighted by molar-refractivity contribution is 5.02. The molecule has 2 heteroatoms. The van der Waals surface area contributed by atoms with Crippen molar-refractivity contribution in [2.75, 3.05) is 13.2 Å². The summed E-state index contributed by atoms with van der Waals surface area (Å²) in [7, 11) is 0. The Labute approximate surface area is 177 Å². The summed E-state index contributed by atoms with van der Waals surface area (Å²) in [4.78, 5) is 0. The lowest BCUT2D eigenvalue weighted by atomic mass is 10.1. The minimum absolute atomic E-state index is 0.00848. The molecule has 0 amide bonds. The molecule has 0 unspecified atom stereocenters. The van der Waals surface area contributed by atoms with Crippen molar-refractivity contribution in [2.45, 2.75) is 130 Å². The molecule has 0 N–H and O–H groups in total. The summed E-state index contributed by atoms with van der Waals surface area (Å²) >= 11 is 0. The average molecular weight is 395 g/mol. The second-order valence-electron chi connectivity index (χ2n) is 7.93. The third-order valence-electron chi connectivity index (χ3n) is 5.02. The van der Waals surface area contributed by atoms with Gasteiger partial charge in [-0.25, -0.2) is 0 Å². The molecule has 0 atom stereocenters. The summed E-state index contributed by atoms with van der Waals surface area (Å²) in [6.45, 7) is 8.45. The molecule has 0 heterocycles. The molecule has 0 aromatic rings. The molecule has 0 bridgehead atoms. The van der Waals surface area contributed by atoms with E-state index in [1.54, 1.807) is 0 Å². The zero-order chi connectivity index (χ0) is 20.5. The van der Waals surface area contributed by atoms with Gasteiger partial charge in [0.05, 0.1) is 0 Å². The second-order valence-corrected chi connectivity index (χ2v) is 7.93.